The monoisotopic (exact) mass is 477 g/mol. The number of rotatable bonds is 6. The standard InChI is InChI=1S/C28H23N5OS/c1-32-24-15-9-8-14-22(24)29-27(32)26(20-12-6-3-7-13-20)31-25(34)16-21-18-35-28-30-23(17-33(21)28)19-10-4-2-5-11-19/h2-15,17-18,26H,16H2,1H3,(H,31,34). The van der Waals surface area contributed by atoms with Crippen LogP contribution < -0.4 is 5.32 Å². The zero-order valence-corrected chi connectivity index (χ0v) is 19.9. The third-order valence-corrected chi connectivity index (χ3v) is 7.10. The number of aryl methyl sites for hydroxylation is 1. The van der Waals surface area contributed by atoms with Crippen LogP contribution in [0.2, 0.25) is 0 Å². The molecule has 1 amide bonds. The molecular formula is C28H23N5OS. The number of aromatic nitrogens is 4. The maximum absolute atomic E-state index is 13.3. The molecule has 7 heteroatoms. The van der Waals surface area contributed by atoms with Crippen molar-refractivity contribution in [2.24, 2.45) is 7.05 Å². The highest BCUT2D eigenvalue weighted by Gasteiger charge is 2.23. The Kier molecular flexibility index (Phi) is 5.39. The largest absolute Gasteiger partial charge is 0.342 e. The molecular weight excluding hydrogens is 454 g/mol. The van der Waals surface area contributed by atoms with E-state index in [1.807, 2.05) is 108 Å². The lowest BCUT2D eigenvalue weighted by Crippen LogP contribution is -2.32. The minimum atomic E-state index is -0.363. The summed E-state index contributed by atoms with van der Waals surface area (Å²) in [6.45, 7) is 0. The Morgan fingerprint density at radius 3 is 2.43 bits per heavy atom. The first-order valence-electron chi connectivity index (χ1n) is 11.4. The summed E-state index contributed by atoms with van der Waals surface area (Å²) in [6, 6.07) is 27.7. The van der Waals surface area contributed by atoms with Gasteiger partial charge in [-0.15, -0.1) is 11.3 Å². The Morgan fingerprint density at radius 2 is 1.66 bits per heavy atom. The van der Waals surface area contributed by atoms with E-state index in [0.29, 0.717) is 0 Å². The summed E-state index contributed by atoms with van der Waals surface area (Å²) >= 11 is 1.54. The molecule has 0 radical (unpaired) electrons. The summed E-state index contributed by atoms with van der Waals surface area (Å²) in [5.74, 6) is 0.732. The molecule has 172 valence electrons. The van der Waals surface area contributed by atoms with Gasteiger partial charge in [0, 0.05) is 29.9 Å². The first kappa shape index (κ1) is 21.3. The van der Waals surface area contributed by atoms with Gasteiger partial charge in [0.05, 0.1) is 23.1 Å². The molecule has 6 rings (SSSR count). The molecule has 3 aromatic heterocycles. The van der Waals surface area contributed by atoms with Crippen molar-refractivity contribution in [1.82, 2.24) is 24.3 Å². The van der Waals surface area contributed by atoms with Gasteiger partial charge in [-0.3, -0.25) is 9.20 Å². The van der Waals surface area contributed by atoms with Crippen molar-refractivity contribution in [3.05, 3.63) is 114 Å². The second-order valence-corrected chi connectivity index (χ2v) is 9.31. The fourth-order valence-electron chi connectivity index (χ4n) is 4.45. The summed E-state index contributed by atoms with van der Waals surface area (Å²) in [7, 11) is 1.99. The van der Waals surface area contributed by atoms with Crippen molar-refractivity contribution in [3.63, 3.8) is 0 Å². The molecule has 0 bridgehead atoms. The van der Waals surface area contributed by atoms with Crippen molar-refractivity contribution < 1.29 is 4.79 Å². The first-order chi connectivity index (χ1) is 17.2. The van der Waals surface area contributed by atoms with E-state index in [0.717, 1.165) is 44.3 Å². The Bertz CT molecular complexity index is 1630. The lowest BCUT2D eigenvalue weighted by Gasteiger charge is -2.19. The van der Waals surface area contributed by atoms with Crippen LogP contribution in [0.25, 0.3) is 27.3 Å². The van der Waals surface area contributed by atoms with Crippen LogP contribution in [0.5, 0.6) is 0 Å². The molecule has 3 aromatic carbocycles. The summed E-state index contributed by atoms with van der Waals surface area (Å²) < 4.78 is 4.07. The highest BCUT2D eigenvalue weighted by atomic mass is 32.1. The minimum Gasteiger partial charge on any atom is -0.342 e. The van der Waals surface area contributed by atoms with Crippen LogP contribution in [0.1, 0.15) is 23.1 Å². The van der Waals surface area contributed by atoms with Gasteiger partial charge in [-0.2, -0.15) is 0 Å². The molecule has 0 aliphatic carbocycles. The Hall–Kier alpha value is -4.23. The maximum Gasteiger partial charge on any atom is 0.226 e. The highest BCUT2D eigenvalue weighted by Crippen LogP contribution is 2.26. The van der Waals surface area contributed by atoms with Gasteiger partial charge < -0.3 is 9.88 Å². The van der Waals surface area contributed by atoms with Crippen molar-refractivity contribution in [2.75, 3.05) is 0 Å². The molecule has 1 atom stereocenters. The molecule has 0 saturated heterocycles. The summed E-state index contributed by atoms with van der Waals surface area (Å²) in [4.78, 5) is 23.8. The van der Waals surface area contributed by atoms with Crippen molar-refractivity contribution in [2.45, 2.75) is 12.5 Å². The van der Waals surface area contributed by atoms with E-state index < -0.39 is 0 Å². The van der Waals surface area contributed by atoms with E-state index in [1.165, 1.54) is 0 Å². The third kappa shape index (κ3) is 4.00. The van der Waals surface area contributed by atoms with Gasteiger partial charge in [0.1, 0.15) is 11.9 Å². The van der Waals surface area contributed by atoms with Gasteiger partial charge in [-0.25, -0.2) is 9.97 Å². The van der Waals surface area contributed by atoms with E-state index in [-0.39, 0.29) is 18.4 Å². The number of benzene rings is 3. The lowest BCUT2D eigenvalue weighted by atomic mass is 10.1. The average molecular weight is 478 g/mol. The molecule has 35 heavy (non-hydrogen) atoms. The first-order valence-corrected chi connectivity index (χ1v) is 12.3. The fraction of sp³-hybridized carbons (Fsp3) is 0.107. The molecule has 0 saturated carbocycles. The molecule has 0 aliphatic rings. The Morgan fingerprint density at radius 1 is 0.943 bits per heavy atom. The number of hydrogen-bond acceptors (Lipinski definition) is 4. The van der Waals surface area contributed by atoms with Crippen LogP contribution in [0.4, 0.5) is 0 Å². The predicted molar refractivity (Wildman–Crippen MR) is 139 cm³/mol. The fourth-order valence-corrected chi connectivity index (χ4v) is 5.32. The average Bonchev–Trinajstić information content (AvgIpc) is 3.58. The number of amides is 1. The number of thiazole rings is 1. The third-order valence-electron chi connectivity index (χ3n) is 6.21. The minimum absolute atomic E-state index is 0.0689. The number of imidazole rings is 2. The second kappa shape index (κ2) is 8.85. The van der Waals surface area contributed by atoms with Crippen molar-refractivity contribution in [3.8, 4) is 11.3 Å². The summed E-state index contributed by atoms with van der Waals surface area (Å²) in [5, 5.41) is 5.24. The molecule has 6 aromatic rings. The van der Waals surface area contributed by atoms with E-state index in [4.69, 9.17) is 9.97 Å². The predicted octanol–water partition coefficient (Wildman–Crippen LogP) is 5.40. The number of hydrogen-bond donors (Lipinski definition) is 1. The van der Waals surface area contributed by atoms with Crippen molar-refractivity contribution >= 4 is 33.2 Å². The van der Waals surface area contributed by atoms with Crippen LogP contribution in [-0.4, -0.2) is 24.8 Å². The van der Waals surface area contributed by atoms with Gasteiger partial charge >= 0.3 is 0 Å². The van der Waals surface area contributed by atoms with Crippen molar-refractivity contribution in [1.29, 1.82) is 0 Å². The van der Waals surface area contributed by atoms with E-state index in [9.17, 15) is 4.79 Å². The number of nitrogens with zero attached hydrogens (tertiary/aromatic N) is 4. The van der Waals surface area contributed by atoms with E-state index >= 15 is 0 Å². The number of fused-ring (bicyclic) bond motifs is 2. The molecule has 3 heterocycles. The second-order valence-electron chi connectivity index (χ2n) is 8.48. The van der Waals surface area contributed by atoms with Crippen LogP contribution in [-0.2, 0) is 18.3 Å². The van der Waals surface area contributed by atoms with Crippen LogP contribution in [0.3, 0.4) is 0 Å². The van der Waals surface area contributed by atoms with Gasteiger partial charge in [-0.05, 0) is 17.7 Å². The molecule has 0 aliphatic heterocycles. The molecule has 1 unspecified atom stereocenters. The summed E-state index contributed by atoms with van der Waals surface area (Å²) in [5.41, 5.74) is 5.80. The number of carbonyl (C=O) groups is 1. The van der Waals surface area contributed by atoms with E-state index in [2.05, 4.69) is 9.88 Å². The number of carbonyl (C=O) groups excluding carboxylic acids is 1. The topological polar surface area (TPSA) is 64.2 Å². The quantitative estimate of drug-likeness (QED) is 0.349. The maximum atomic E-state index is 13.3. The lowest BCUT2D eigenvalue weighted by molar-refractivity contribution is -0.121. The highest BCUT2D eigenvalue weighted by molar-refractivity contribution is 7.15. The van der Waals surface area contributed by atoms with Crippen LogP contribution in [0.15, 0.2) is 96.5 Å². The van der Waals surface area contributed by atoms with Gasteiger partial charge in [0.25, 0.3) is 0 Å². The Labute approximate surface area is 206 Å². The van der Waals surface area contributed by atoms with Gasteiger partial charge in [-0.1, -0.05) is 72.8 Å². The number of para-hydroxylation sites is 2. The molecule has 0 fully saturated rings. The molecule has 1 N–H and O–H groups in total. The Balaban J connectivity index is 1.30. The zero-order valence-electron chi connectivity index (χ0n) is 19.1. The van der Waals surface area contributed by atoms with Crippen LogP contribution >= 0.6 is 11.3 Å². The molecule has 0 spiro atoms. The van der Waals surface area contributed by atoms with E-state index in [1.54, 1.807) is 11.3 Å². The summed E-state index contributed by atoms with van der Waals surface area (Å²) in [6.07, 6.45) is 2.25. The zero-order chi connectivity index (χ0) is 23.8. The molecule has 6 nitrogen and oxygen atoms in total. The SMILES string of the molecule is Cn1c(C(NC(=O)Cc2csc3nc(-c4ccccc4)cn23)c2ccccc2)nc2ccccc21. The van der Waals surface area contributed by atoms with Gasteiger partial charge in [0.2, 0.25) is 5.91 Å². The normalized spacial score (nSPS) is 12.3. The van der Waals surface area contributed by atoms with Gasteiger partial charge in [0.15, 0.2) is 4.96 Å². The van der Waals surface area contributed by atoms with Crippen LogP contribution in [0, 0.1) is 0 Å². The smallest absolute Gasteiger partial charge is 0.226 e. The number of nitrogens with one attached hydrogen (secondary N) is 1.